The maximum Gasteiger partial charge on any atom is 1.00 e. The Labute approximate surface area is 325 Å². The van der Waals surface area contributed by atoms with Crippen molar-refractivity contribution in [3.63, 3.8) is 0 Å². The monoisotopic (exact) mass is 762 g/mol. The summed E-state index contributed by atoms with van der Waals surface area (Å²) >= 11 is 0. The molecule has 3 atom stereocenters. The number of hydrogen-bond donors (Lipinski definition) is 1. The fourth-order valence-electron chi connectivity index (χ4n) is 3.83. The normalized spacial score (nSPS) is 15.5. The number of rotatable bonds is 13. The summed E-state index contributed by atoms with van der Waals surface area (Å²) in [5.74, 6) is -0.753. The van der Waals surface area contributed by atoms with Crippen LogP contribution in [0.3, 0.4) is 0 Å². The van der Waals surface area contributed by atoms with Gasteiger partial charge in [-0.05, 0) is 48.2 Å². The van der Waals surface area contributed by atoms with Gasteiger partial charge in [0.15, 0.2) is 6.29 Å². The Hall–Kier alpha value is -2.29. The van der Waals surface area contributed by atoms with E-state index in [1.54, 1.807) is 12.1 Å². The van der Waals surface area contributed by atoms with Crippen molar-refractivity contribution in [1.82, 2.24) is 19.1 Å². The minimum atomic E-state index is -4.00. The maximum atomic E-state index is 12.5. The molecule has 0 aliphatic carbocycles. The van der Waals surface area contributed by atoms with Gasteiger partial charge < -0.3 is 46.8 Å². The fourth-order valence-corrected chi connectivity index (χ4v) is 4.77. The molecule has 1 aromatic carbocycles. The van der Waals surface area contributed by atoms with E-state index in [1.807, 2.05) is 6.92 Å². The Morgan fingerprint density at radius 3 is 1.98 bits per heavy atom. The van der Waals surface area contributed by atoms with Crippen LogP contribution in [0.1, 0.15) is 24.8 Å². The van der Waals surface area contributed by atoms with E-state index >= 15 is 0 Å². The summed E-state index contributed by atoms with van der Waals surface area (Å²) in [6.07, 6.45) is 5.86. The van der Waals surface area contributed by atoms with Crippen molar-refractivity contribution in [2.75, 3.05) is 26.1 Å². The summed E-state index contributed by atoms with van der Waals surface area (Å²) in [7, 11) is -7.91. The summed E-state index contributed by atoms with van der Waals surface area (Å²) in [6, 6.07) is 6.28. The SMILES string of the molecule is CS(=O)(=O)[O-].Cc1ccc(S(=O)(=O)OC[C@H](Cn2ccnc2[N+](=O)[O-])OC2CCCCO2)cc1.O=[N+]([O-])c1nccn1C[C@H](O)C[18F].[CH3-].[K+]. The van der Waals surface area contributed by atoms with E-state index in [0.717, 1.165) is 23.0 Å². The number of ether oxygens (including phenoxy) is 2. The van der Waals surface area contributed by atoms with Crippen LogP contribution in [-0.4, -0.2) is 100 Å². The van der Waals surface area contributed by atoms with Gasteiger partial charge in [0.1, 0.15) is 56.8 Å². The zero-order valence-corrected chi connectivity index (χ0v) is 32.0. The molecule has 1 aliphatic rings. The largest absolute Gasteiger partial charge is 1.00 e. The van der Waals surface area contributed by atoms with Crippen LogP contribution in [0.2, 0.25) is 0 Å². The molecule has 0 amide bonds. The van der Waals surface area contributed by atoms with E-state index in [0.29, 0.717) is 19.3 Å². The molecule has 1 aliphatic heterocycles. The predicted octanol–water partition coefficient (Wildman–Crippen LogP) is -0.846. The summed E-state index contributed by atoms with van der Waals surface area (Å²) in [4.78, 5) is 27.3. The number of aliphatic hydroxyl groups excluding tert-OH is 1. The number of aryl methyl sites for hydroxylation is 1. The molecule has 0 spiro atoms. The van der Waals surface area contributed by atoms with E-state index in [9.17, 15) is 33.0 Å². The van der Waals surface area contributed by atoms with Gasteiger partial charge in [0.25, 0.3) is 10.1 Å². The molecule has 0 radical (unpaired) electrons. The van der Waals surface area contributed by atoms with Gasteiger partial charge in [-0.3, -0.25) is 4.18 Å². The number of alkyl halides is 1. The average Bonchev–Trinajstić information content (AvgIpc) is 3.66. The van der Waals surface area contributed by atoms with E-state index in [1.165, 1.54) is 41.5 Å². The van der Waals surface area contributed by atoms with Gasteiger partial charge in [0, 0.05) is 12.9 Å². The van der Waals surface area contributed by atoms with Crippen molar-refractivity contribution in [2.24, 2.45) is 0 Å². The predicted molar refractivity (Wildman–Crippen MR) is 165 cm³/mol. The molecule has 2 aromatic heterocycles. The number of hydrogen-bond acceptors (Lipinski definition) is 15. The Kier molecular flexibility index (Phi) is 21.5. The van der Waals surface area contributed by atoms with Gasteiger partial charge in [0.2, 0.25) is 0 Å². The van der Waals surface area contributed by atoms with Gasteiger partial charge in [-0.25, -0.2) is 21.9 Å². The molecule has 1 unspecified atom stereocenters. The molecule has 1 saturated heterocycles. The molecular weight excluding hydrogens is 726 g/mol. The first-order valence-electron chi connectivity index (χ1n) is 13.7. The molecule has 3 heterocycles. The van der Waals surface area contributed by atoms with Crippen molar-refractivity contribution in [3.8, 4) is 0 Å². The number of nitrogens with zero attached hydrogens (tertiary/aromatic N) is 6. The second-order valence-electron chi connectivity index (χ2n) is 9.89. The second kappa shape index (κ2) is 22.5. The third-order valence-electron chi connectivity index (χ3n) is 5.90. The molecule has 1 N–H and O–H groups in total. The van der Waals surface area contributed by atoms with Gasteiger partial charge in [0.05, 0.1) is 21.6 Å². The molecule has 4 rings (SSSR count). The van der Waals surface area contributed by atoms with Gasteiger partial charge in [-0.15, -0.1) is 0 Å². The van der Waals surface area contributed by atoms with E-state index in [4.69, 9.17) is 31.7 Å². The molecule has 270 valence electrons. The van der Waals surface area contributed by atoms with Crippen LogP contribution in [-0.2, 0) is 47.0 Å². The minimum Gasteiger partial charge on any atom is -0.748 e. The molecule has 1 fully saturated rings. The molecular formula is C26H37FKN6O13S2-. The van der Waals surface area contributed by atoms with Crippen molar-refractivity contribution >= 4 is 32.1 Å². The van der Waals surface area contributed by atoms with E-state index in [2.05, 4.69) is 9.97 Å². The maximum absolute atomic E-state index is 12.5. The van der Waals surface area contributed by atoms with Crippen LogP contribution in [0, 0.1) is 34.6 Å². The molecule has 0 bridgehead atoms. The second-order valence-corrected chi connectivity index (χ2v) is 12.9. The van der Waals surface area contributed by atoms with Crippen molar-refractivity contribution < 1.29 is 106 Å². The van der Waals surface area contributed by atoms with Crippen molar-refractivity contribution in [3.05, 3.63) is 82.3 Å². The van der Waals surface area contributed by atoms with Crippen LogP contribution in [0.15, 0.2) is 53.9 Å². The number of benzene rings is 1. The van der Waals surface area contributed by atoms with Crippen LogP contribution in [0.25, 0.3) is 0 Å². The first-order valence-corrected chi connectivity index (χ1v) is 16.9. The first-order chi connectivity index (χ1) is 22.0. The Morgan fingerprint density at radius 1 is 1.02 bits per heavy atom. The van der Waals surface area contributed by atoms with Crippen LogP contribution in [0.5, 0.6) is 0 Å². The summed E-state index contributed by atoms with van der Waals surface area (Å²) in [6.45, 7) is 0.988. The van der Waals surface area contributed by atoms with Crippen LogP contribution in [0.4, 0.5) is 16.3 Å². The van der Waals surface area contributed by atoms with E-state index in [-0.39, 0.29) is 89.4 Å². The minimum absolute atomic E-state index is 0. The number of aliphatic hydroxyl groups is 1. The number of halogens is 1. The number of imidazole rings is 2. The number of aromatic nitrogens is 4. The average molecular weight is 763 g/mol. The van der Waals surface area contributed by atoms with E-state index < -0.39 is 61.2 Å². The standard InChI is InChI=1S/C18H23N3O7S.C6H8FN3O3.CH4O3S.CH3.K/c1-14-5-7-16(8-6-14)29(24,25)27-13-15(28-17-4-2-3-11-26-17)12-20-10-9-19-18(20)21(22)23;7-3-5(11)4-9-2-1-8-6(9)10(12)13;1-5(2,3)4;;/h5-10,15,17H,2-4,11-13H2,1H3;1-2,5,11H,3-4H2;1H3,(H,2,3,4);1H3;/q;;;-1;+1/p-1/t15-,17?;5-;;;/m01.../s1/i;7-1;;;. The molecule has 49 heavy (non-hydrogen) atoms. The summed E-state index contributed by atoms with van der Waals surface area (Å²) < 4.78 is 83.0. The summed E-state index contributed by atoms with van der Waals surface area (Å²) in [5.41, 5.74) is 0.923. The topological polar surface area (TPSA) is 261 Å². The third kappa shape index (κ3) is 18.0. The number of nitro groups is 2. The van der Waals surface area contributed by atoms with Gasteiger partial charge in [-0.2, -0.15) is 8.42 Å². The first kappa shape index (κ1) is 46.7. The van der Waals surface area contributed by atoms with Gasteiger partial charge >= 0.3 is 63.3 Å². The Morgan fingerprint density at radius 2 is 1.53 bits per heavy atom. The van der Waals surface area contributed by atoms with Crippen molar-refractivity contribution in [2.45, 2.75) is 62.7 Å². The smallest absolute Gasteiger partial charge is 0.748 e. The Bertz CT molecular complexity index is 1640. The third-order valence-corrected chi connectivity index (χ3v) is 7.20. The summed E-state index contributed by atoms with van der Waals surface area (Å²) in [5, 5.41) is 30.3. The van der Waals surface area contributed by atoms with Crippen LogP contribution < -0.4 is 51.4 Å². The van der Waals surface area contributed by atoms with Crippen molar-refractivity contribution in [1.29, 1.82) is 0 Å². The zero-order valence-electron chi connectivity index (χ0n) is 27.2. The fraction of sp³-hybridized carbons (Fsp3) is 0.500. The zero-order chi connectivity index (χ0) is 35.2. The molecule has 0 saturated carbocycles. The molecule has 23 heteroatoms. The Balaban J connectivity index is 0.000000961. The van der Waals surface area contributed by atoms with Crippen LogP contribution >= 0.6 is 0 Å². The molecule has 19 nitrogen and oxygen atoms in total. The van der Waals surface area contributed by atoms with Gasteiger partial charge in [-0.1, -0.05) is 27.7 Å². The molecule has 3 aromatic rings. The quantitative estimate of drug-likeness (QED) is 0.0556.